The lowest BCUT2D eigenvalue weighted by atomic mass is 9.91. The number of aromatic nitrogens is 2. The Balaban J connectivity index is 2.47. The fourth-order valence-electron chi connectivity index (χ4n) is 4.14. The maximum atomic E-state index is 13.0. The lowest BCUT2D eigenvalue weighted by Crippen LogP contribution is -2.29. The predicted molar refractivity (Wildman–Crippen MR) is 131 cm³/mol. The molecule has 0 N–H and O–H groups in total. The van der Waals surface area contributed by atoms with Crippen molar-refractivity contribution in [1.29, 1.82) is 0 Å². The van der Waals surface area contributed by atoms with Crippen LogP contribution in [0.4, 0.5) is 0 Å². The van der Waals surface area contributed by atoms with Gasteiger partial charge in [-0.1, -0.05) is 23.7 Å². The summed E-state index contributed by atoms with van der Waals surface area (Å²) < 4.78 is 13.5. The van der Waals surface area contributed by atoms with Crippen molar-refractivity contribution in [3.05, 3.63) is 63.2 Å². The highest BCUT2D eigenvalue weighted by Crippen LogP contribution is 2.42. The summed E-state index contributed by atoms with van der Waals surface area (Å²) in [7, 11) is 1.36. The van der Waals surface area contributed by atoms with Crippen LogP contribution in [-0.4, -0.2) is 34.8 Å². The molecule has 1 unspecified atom stereocenters. The van der Waals surface area contributed by atoms with Crippen LogP contribution in [-0.2, 0) is 20.8 Å². The van der Waals surface area contributed by atoms with Gasteiger partial charge >= 0.3 is 5.97 Å². The number of benzene rings is 1. The lowest BCUT2D eigenvalue weighted by Gasteiger charge is -2.28. The Hall–Kier alpha value is -2.88. The minimum Gasteiger partial charge on any atom is -0.467 e. The van der Waals surface area contributed by atoms with Crippen molar-refractivity contribution in [2.75, 3.05) is 13.7 Å². The van der Waals surface area contributed by atoms with Gasteiger partial charge in [0.25, 0.3) is 0 Å². The van der Waals surface area contributed by atoms with Gasteiger partial charge in [0.05, 0.1) is 19.3 Å². The lowest BCUT2D eigenvalue weighted by molar-refractivity contribution is -0.164. The van der Waals surface area contributed by atoms with Gasteiger partial charge in [0, 0.05) is 32.9 Å². The van der Waals surface area contributed by atoms with E-state index in [4.69, 9.17) is 32.6 Å². The number of aryl methyl sites for hydroxylation is 2. The van der Waals surface area contributed by atoms with E-state index >= 15 is 0 Å². The summed E-state index contributed by atoms with van der Waals surface area (Å²) in [5.41, 5.74) is 5.42. The first-order valence-corrected chi connectivity index (χ1v) is 11.2. The Morgan fingerprint density at radius 2 is 1.85 bits per heavy atom. The number of pyridine rings is 1. The second-order valence-corrected chi connectivity index (χ2v) is 9.51. The van der Waals surface area contributed by atoms with Crippen LogP contribution in [0.15, 0.2) is 24.3 Å². The molecular weight excluding hydrogens is 438 g/mol. The SMILES string of the molecule is [C-]#[N+]CCn1c(C)c(C)c2c(-c3ccc(Cl)cc3)c(C(OC(C)(C)C)C(=O)OC)c(C)nc21. The molecule has 174 valence electrons. The fraction of sp³-hybridized carbons (Fsp3) is 0.423. The third kappa shape index (κ3) is 4.90. The third-order valence-electron chi connectivity index (χ3n) is 5.70. The zero-order valence-corrected chi connectivity index (χ0v) is 21.0. The molecule has 0 spiro atoms. The number of carbonyl (C=O) groups is 1. The quantitative estimate of drug-likeness (QED) is 0.318. The average Bonchev–Trinajstić information content (AvgIpc) is 2.98. The Labute approximate surface area is 200 Å². The maximum absolute atomic E-state index is 13.0. The molecule has 2 heterocycles. The summed E-state index contributed by atoms with van der Waals surface area (Å²) in [6.07, 6.45) is -0.955. The van der Waals surface area contributed by atoms with Crippen molar-refractivity contribution in [3.63, 3.8) is 0 Å². The van der Waals surface area contributed by atoms with Crippen LogP contribution in [0.5, 0.6) is 0 Å². The van der Waals surface area contributed by atoms with Crippen LogP contribution in [0.3, 0.4) is 0 Å². The van der Waals surface area contributed by atoms with Crippen LogP contribution >= 0.6 is 11.6 Å². The van der Waals surface area contributed by atoms with Crippen molar-refractivity contribution in [2.45, 2.75) is 59.8 Å². The van der Waals surface area contributed by atoms with Crippen molar-refractivity contribution in [2.24, 2.45) is 0 Å². The first kappa shape index (κ1) is 24.8. The number of halogens is 1. The standard InChI is InChI=1S/C26H30ClN3O3/c1-15-17(3)30(14-13-28-7)24-20(15)22(18-9-11-19(27)12-10-18)21(16(2)29-24)23(25(31)32-8)33-26(4,5)6/h9-12,23H,13-14H2,1-6,8H3. The van der Waals surface area contributed by atoms with E-state index in [-0.39, 0.29) is 0 Å². The highest BCUT2D eigenvalue weighted by Gasteiger charge is 2.34. The fourth-order valence-corrected chi connectivity index (χ4v) is 4.27. The van der Waals surface area contributed by atoms with E-state index in [9.17, 15) is 4.79 Å². The third-order valence-corrected chi connectivity index (χ3v) is 5.95. The Morgan fingerprint density at radius 1 is 1.21 bits per heavy atom. The normalized spacial score (nSPS) is 12.6. The van der Waals surface area contributed by atoms with Crippen LogP contribution < -0.4 is 0 Å². The molecule has 0 saturated carbocycles. The van der Waals surface area contributed by atoms with Gasteiger partial charge in [0.2, 0.25) is 6.54 Å². The predicted octanol–water partition coefficient (Wildman–Crippen LogP) is 6.23. The highest BCUT2D eigenvalue weighted by atomic mass is 35.5. The van der Waals surface area contributed by atoms with Gasteiger partial charge in [0.15, 0.2) is 6.10 Å². The number of nitrogens with zero attached hydrogens (tertiary/aromatic N) is 3. The largest absolute Gasteiger partial charge is 0.467 e. The molecule has 1 atom stereocenters. The zero-order chi connectivity index (χ0) is 24.5. The number of ether oxygens (including phenoxy) is 2. The molecule has 6 nitrogen and oxygen atoms in total. The number of fused-ring (bicyclic) bond motifs is 1. The molecule has 0 aliphatic rings. The summed E-state index contributed by atoms with van der Waals surface area (Å²) in [6, 6.07) is 7.55. The first-order chi connectivity index (χ1) is 15.5. The molecule has 0 bridgehead atoms. The van der Waals surface area contributed by atoms with Crippen LogP contribution in [0.2, 0.25) is 5.02 Å². The topological polar surface area (TPSA) is 57.7 Å². The summed E-state index contributed by atoms with van der Waals surface area (Å²) >= 11 is 6.19. The molecule has 3 rings (SSSR count). The Morgan fingerprint density at radius 3 is 2.39 bits per heavy atom. The molecule has 0 saturated heterocycles. The van der Waals surface area contributed by atoms with Crippen LogP contribution in [0.1, 0.15) is 49.4 Å². The molecule has 0 radical (unpaired) electrons. The summed E-state index contributed by atoms with van der Waals surface area (Å²) in [5, 5.41) is 1.56. The zero-order valence-electron chi connectivity index (χ0n) is 20.2. The minimum absolute atomic E-state index is 0.362. The first-order valence-electron chi connectivity index (χ1n) is 10.8. The van der Waals surface area contributed by atoms with E-state index in [1.165, 1.54) is 7.11 Å². The van der Waals surface area contributed by atoms with Crippen molar-refractivity contribution in [1.82, 2.24) is 9.55 Å². The second-order valence-electron chi connectivity index (χ2n) is 9.07. The molecule has 0 fully saturated rings. The number of hydrogen-bond donors (Lipinski definition) is 0. The van der Waals surface area contributed by atoms with E-state index in [1.807, 2.05) is 65.8 Å². The summed E-state index contributed by atoms with van der Waals surface area (Å²) in [6.45, 7) is 19.8. The number of hydrogen-bond acceptors (Lipinski definition) is 4. The molecule has 2 aromatic heterocycles. The van der Waals surface area contributed by atoms with Gasteiger partial charge in [-0.15, -0.1) is 0 Å². The smallest absolute Gasteiger partial charge is 0.339 e. The minimum atomic E-state index is -0.955. The van der Waals surface area contributed by atoms with E-state index in [1.54, 1.807) is 0 Å². The monoisotopic (exact) mass is 467 g/mol. The van der Waals surface area contributed by atoms with E-state index in [0.717, 1.165) is 33.4 Å². The Kier molecular flexibility index (Phi) is 7.16. The molecule has 0 aliphatic heterocycles. The summed E-state index contributed by atoms with van der Waals surface area (Å²) in [4.78, 5) is 21.4. The molecule has 0 amide bonds. The number of carbonyl (C=O) groups excluding carboxylic acids is 1. The van der Waals surface area contributed by atoms with Crippen LogP contribution in [0.25, 0.3) is 27.0 Å². The van der Waals surface area contributed by atoms with Crippen molar-refractivity contribution >= 4 is 28.6 Å². The van der Waals surface area contributed by atoms with Gasteiger partial charge in [-0.3, -0.25) is 0 Å². The molecule has 1 aromatic carbocycles. The molecule has 7 heteroatoms. The van der Waals surface area contributed by atoms with Gasteiger partial charge in [-0.2, -0.15) is 0 Å². The van der Waals surface area contributed by atoms with Gasteiger partial charge < -0.3 is 18.9 Å². The number of esters is 1. The van der Waals surface area contributed by atoms with Gasteiger partial charge in [-0.05, 0) is 64.8 Å². The Bertz CT molecular complexity index is 1230. The molecular formula is C26H30ClN3O3. The summed E-state index contributed by atoms with van der Waals surface area (Å²) in [5.74, 6) is -0.480. The number of methoxy groups -OCH3 is 1. The highest BCUT2D eigenvalue weighted by molar-refractivity contribution is 6.30. The van der Waals surface area contributed by atoms with E-state index in [0.29, 0.717) is 29.4 Å². The van der Waals surface area contributed by atoms with Gasteiger partial charge in [0.1, 0.15) is 5.65 Å². The van der Waals surface area contributed by atoms with Gasteiger partial charge in [-0.25, -0.2) is 16.4 Å². The number of rotatable bonds is 6. The van der Waals surface area contributed by atoms with Crippen molar-refractivity contribution < 1.29 is 14.3 Å². The molecule has 3 aromatic rings. The molecule has 0 aliphatic carbocycles. The second kappa shape index (κ2) is 9.54. The van der Waals surface area contributed by atoms with Crippen LogP contribution in [0, 0.1) is 27.3 Å². The van der Waals surface area contributed by atoms with Crippen molar-refractivity contribution in [3.8, 4) is 11.1 Å². The van der Waals surface area contributed by atoms with E-state index < -0.39 is 17.7 Å². The average molecular weight is 468 g/mol. The maximum Gasteiger partial charge on any atom is 0.339 e. The molecule has 33 heavy (non-hydrogen) atoms. The van der Waals surface area contributed by atoms with E-state index in [2.05, 4.69) is 9.41 Å².